The van der Waals surface area contributed by atoms with Crippen LogP contribution in [0, 0.1) is 0 Å². The molecule has 2 aromatic heterocycles. The van der Waals surface area contributed by atoms with E-state index in [2.05, 4.69) is 20.6 Å². The predicted octanol–water partition coefficient (Wildman–Crippen LogP) is 2.27. The average molecular weight is 403 g/mol. The fourth-order valence-electron chi connectivity index (χ4n) is 2.26. The van der Waals surface area contributed by atoms with Crippen molar-refractivity contribution < 1.29 is 9.53 Å². The Hall–Kier alpha value is -2.56. The van der Waals surface area contributed by atoms with Crippen LogP contribution in [0.5, 0.6) is 0 Å². The number of ether oxygens (including phenoxy) is 1. The molecular formula is C17H17N5O3S2. The van der Waals surface area contributed by atoms with Gasteiger partial charge in [-0.3, -0.25) is 14.9 Å². The van der Waals surface area contributed by atoms with E-state index in [1.165, 1.54) is 17.4 Å². The van der Waals surface area contributed by atoms with Gasteiger partial charge in [0, 0.05) is 23.6 Å². The van der Waals surface area contributed by atoms with E-state index in [-0.39, 0.29) is 12.1 Å². The molecule has 0 aliphatic carbocycles. The molecule has 10 heteroatoms. The summed E-state index contributed by atoms with van der Waals surface area (Å²) in [5.74, 6) is -0.403. The Morgan fingerprint density at radius 2 is 2.00 bits per heavy atom. The molecule has 0 unspecified atom stereocenters. The number of hydrogen-bond acceptors (Lipinski definition) is 8. The third kappa shape index (κ3) is 5.00. The largest absolute Gasteiger partial charge is 0.377 e. The van der Waals surface area contributed by atoms with Gasteiger partial charge in [-0.05, 0) is 24.5 Å². The Morgan fingerprint density at radius 3 is 2.70 bits per heavy atom. The average Bonchev–Trinajstić information content (AvgIpc) is 3.11. The Labute approximate surface area is 163 Å². The zero-order valence-corrected chi connectivity index (χ0v) is 16.3. The highest BCUT2D eigenvalue weighted by molar-refractivity contribution is 7.98. The van der Waals surface area contributed by atoms with E-state index in [9.17, 15) is 9.59 Å². The second kappa shape index (κ2) is 8.89. The maximum absolute atomic E-state index is 12.2. The van der Waals surface area contributed by atoms with Crippen LogP contribution in [0.15, 0.2) is 46.1 Å². The van der Waals surface area contributed by atoms with Gasteiger partial charge in [-0.2, -0.15) is 5.10 Å². The molecule has 27 heavy (non-hydrogen) atoms. The zero-order valence-electron chi connectivity index (χ0n) is 14.7. The summed E-state index contributed by atoms with van der Waals surface area (Å²) in [6.45, 7) is 0.112. The van der Waals surface area contributed by atoms with E-state index < -0.39 is 5.91 Å². The Balaban J connectivity index is 1.73. The molecular weight excluding hydrogens is 386 g/mol. The minimum atomic E-state index is -0.403. The Bertz CT molecular complexity index is 985. The van der Waals surface area contributed by atoms with Crippen LogP contribution in [-0.4, -0.2) is 39.3 Å². The van der Waals surface area contributed by atoms with Crippen LogP contribution >= 0.6 is 23.1 Å². The zero-order chi connectivity index (χ0) is 19.2. The molecule has 1 aromatic carbocycles. The van der Waals surface area contributed by atoms with Gasteiger partial charge in [0.25, 0.3) is 5.56 Å². The minimum absolute atomic E-state index is 0.214. The molecule has 0 fully saturated rings. The molecule has 0 radical (unpaired) electrons. The minimum Gasteiger partial charge on any atom is -0.377 e. The van der Waals surface area contributed by atoms with Gasteiger partial charge in [-0.25, -0.2) is 4.68 Å². The van der Waals surface area contributed by atoms with E-state index in [4.69, 9.17) is 4.74 Å². The highest BCUT2D eigenvalue weighted by atomic mass is 32.2. The lowest BCUT2D eigenvalue weighted by atomic mass is 10.1. The first-order valence-electron chi connectivity index (χ1n) is 7.93. The molecule has 1 amide bonds. The summed E-state index contributed by atoms with van der Waals surface area (Å²) >= 11 is 2.86. The SMILES string of the molecule is COCc1nnc(NC(=O)Cn2nc(-c3ccc(SC)cc3)ccc2=O)s1. The van der Waals surface area contributed by atoms with Crippen molar-refractivity contribution in [1.29, 1.82) is 0 Å². The monoisotopic (exact) mass is 403 g/mol. The van der Waals surface area contributed by atoms with Crippen LogP contribution in [-0.2, 0) is 22.7 Å². The number of anilines is 1. The molecule has 8 nitrogen and oxygen atoms in total. The molecule has 3 rings (SSSR count). The van der Waals surface area contributed by atoms with E-state index in [0.29, 0.717) is 22.4 Å². The summed E-state index contributed by atoms with van der Waals surface area (Å²) in [6.07, 6.45) is 2.00. The van der Waals surface area contributed by atoms with E-state index in [1.807, 2.05) is 30.5 Å². The summed E-state index contributed by atoms with van der Waals surface area (Å²) in [7, 11) is 1.55. The van der Waals surface area contributed by atoms with Gasteiger partial charge >= 0.3 is 0 Å². The van der Waals surface area contributed by atoms with Crippen LogP contribution in [0.25, 0.3) is 11.3 Å². The second-order valence-corrected chi connectivity index (χ2v) is 7.37. The van der Waals surface area contributed by atoms with Gasteiger partial charge in [0.2, 0.25) is 11.0 Å². The quantitative estimate of drug-likeness (QED) is 0.604. The van der Waals surface area contributed by atoms with Crippen LogP contribution in [0.4, 0.5) is 5.13 Å². The Kier molecular flexibility index (Phi) is 6.32. The first-order chi connectivity index (χ1) is 13.1. The van der Waals surface area contributed by atoms with Gasteiger partial charge in [-0.1, -0.05) is 23.5 Å². The van der Waals surface area contributed by atoms with Crippen LogP contribution in [0.1, 0.15) is 5.01 Å². The smallest absolute Gasteiger partial charge is 0.267 e. The first kappa shape index (κ1) is 19.2. The Morgan fingerprint density at radius 1 is 1.22 bits per heavy atom. The topological polar surface area (TPSA) is 99.0 Å². The summed E-state index contributed by atoms with van der Waals surface area (Å²) in [5, 5.41) is 15.7. The van der Waals surface area contributed by atoms with Crippen molar-refractivity contribution in [3.63, 3.8) is 0 Å². The lowest BCUT2D eigenvalue weighted by Gasteiger charge is -2.07. The van der Waals surface area contributed by atoms with Gasteiger partial charge in [0.1, 0.15) is 18.2 Å². The molecule has 140 valence electrons. The maximum atomic E-state index is 12.2. The molecule has 0 saturated carbocycles. The predicted molar refractivity (Wildman–Crippen MR) is 105 cm³/mol. The fourth-order valence-corrected chi connectivity index (χ4v) is 3.40. The number of methoxy groups -OCH3 is 1. The van der Waals surface area contributed by atoms with Crippen molar-refractivity contribution in [3.8, 4) is 11.3 Å². The molecule has 1 N–H and O–H groups in total. The van der Waals surface area contributed by atoms with Crippen molar-refractivity contribution in [1.82, 2.24) is 20.0 Å². The molecule has 3 aromatic rings. The number of carbonyl (C=O) groups excluding carboxylic acids is 1. The third-order valence-corrected chi connectivity index (χ3v) is 5.08. The number of amides is 1. The molecule has 0 saturated heterocycles. The number of benzene rings is 1. The number of nitrogens with one attached hydrogen (secondary N) is 1. The fraction of sp³-hybridized carbons (Fsp3) is 0.235. The van der Waals surface area contributed by atoms with Crippen molar-refractivity contribution in [2.75, 3.05) is 18.7 Å². The number of thioether (sulfide) groups is 1. The highest BCUT2D eigenvalue weighted by Gasteiger charge is 2.11. The number of aromatic nitrogens is 4. The standard InChI is InChI=1S/C17H17N5O3S2/c1-25-10-15-19-20-17(27-15)18-14(23)9-22-16(24)8-7-13(21-22)11-3-5-12(26-2)6-4-11/h3-8H,9-10H2,1-2H3,(H,18,20,23). The van der Waals surface area contributed by atoms with Gasteiger partial charge in [-0.15, -0.1) is 22.0 Å². The summed E-state index contributed by atoms with van der Waals surface area (Å²) in [6, 6.07) is 10.9. The molecule has 0 bridgehead atoms. The molecule has 0 aliphatic rings. The van der Waals surface area contributed by atoms with E-state index in [1.54, 1.807) is 24.9 Å². The maximum Gasteiger partial charge on any atom is 0.267 e. The number of rotatable bonds is 7. The summed E-state index contributed by atoms with van der Waals surface area (Å²) in [4.78, 5) is 25.4. The van der Waals surface area contributed by atoms with Crippen LogP contribution < -0.4 is 10.9 Å². The van der Waals surface area contributed by atoms with Crippen LogP contribution in [0.2, 0.25) is 0 Å². The lowest BCUT2D eigenvalue weighted by molar-refractivity contribution is -0.117. The number of nitrogens with zero attached hydrogens (tertiary/aromatic N) is 4. The van der Waals surface area contributed by atoms with Crippen molar-refractivity contribution in [3.05, 3.63) is 51.8 Å². The third-order valence-electron chi connectivity index (χ3n) is 3.53. The van der Waals surface area contributed by atoms with E-state index in [0.717, 1.165) is 15.1 Å². The number of hydrogen-bond donors (Lipinski definition) is 1. The van der Waals surface area contributed by atoms with Gasteiger partial charge < -0.3 is 4.74 Å². The number of carbonyl (C=O) groups is 1. The normalized spacial score (nSPS) is 10.7. The summed E-state index contributed by atoms with van der Waals surface area (Å²) in [5.41, 5.74) is 1.13. The molecule has 2 heterocycles. The second-order valence-electron chi connectivity index (χ2n) is 5.43. The summed E-state index contributed by atoms with van der Waals surface area (Å²) < 4.78 is 6.09. The molecule has 0 atom stereocenters. The van der Waals surface area contributed by atoms with Gasteiger partial charge in [0.05, 0.1) is 5.69 Å². The van der Waals surface area contributed by atoms with Crippen molar-refractivity contribution in [2.24, 2.45) is 0 Å². The lowest BCUT2D eigenvalue weighted by Crippen LogP contribution is -2.29. The highest BCUT2D eigenvalue weighted by Crippen LogP contribution is 2.21. The van der Waals surface area contributed by atoms with Crippen molar-refractivity contribution in [2.45, 2.75) is 18.0 Å². The first-order valence-corrected chi connectivity index (χ1v) is 9.97. The van der Waals surface area contributed by atoms with Gasteiger partial charge in [0.15, 0.2) is 0 Å². The van der Waals surface area contributed by atoms with Crippen molar-refractivity contribution >= 4 is 34.1 Å². The van der Waals surface area contributed by atoms with Crippen LogP contribution in [0.3, 0.4) is 0 Å². The molecule has 0 spiro atoms. The van der Waals surface area contributed by atoms with E-state index >= 15 is 0 Å². The molecule has 0 aliphatic heterocycles.